The van der Waals surface area contributed by atoms with Crippen LogP contribution in [0.5, 0.6) is 0 Å². The molecule has 0 atom stereocenters. The van der Waals surface area contributed by atoms with Crippen molar-refractivity contribution in [2.24, 2.45) is 0 Å². The number of benzene rings is 6. The minimum absolute atomic E-state index is 0.0465. The van der Waals surface area contributed by atoms with E-state index in [2.05, 4.69) is 249 Å². The summed E-state index contributed by atoms with van der Waals surface area (Å²) in [5.41, 5.74) is 28.8. The lowest BCUT2D eigenvalue weighted by Crippen LogP contribution is -2.38. The van der Waals surface area contributed by atoms with Crippen LogP contribution in [0.1, 0.15) is 172 Å². The summed E-state index contributed by atoms with van der Waals surface area (Å²) in [4.78, 5) is 2.63. The maximum absolute atomic E-state index is 6.80. The average Bonchev–Trinajstić information content (AvgIpc) is 3.34. The second-order valence-electron chi connectivity index (χ2n) is 24.6. The molecule has 0 saturated carbocycles. The summed E-state index contributed by atoms with van der Waals surface area (Å²) in [6.07, 6.45) is 15.4. The molecular formula is C69H79B2N2. The number of anilines is 4. The summed E-state index contributed by atoms with van der Waals surface area (Å²) in [5.74, 6) is 0. The van der Waals surface area contributed by atoms with Crippen molar-refractivity contribution in [3.8, 4) is 22.3 Å². The van der Waals surface area contributed by atoms with Gasteiger partial charge in [-0.1, -0.05) is 182 Å². The van der Waals surface area contributed by atoms with E-state index in [9.17, 15) is 0 Å². The van der Waals surface area contributed by atoms with Gasteiger partial charge in [0.2, 0.25) is 0 Å². The van der Waals surface area contributed by atoms with Gasteiger partial charge in [-0.3, -0.25) is 0 Å². The Balaban J connectivity index is 1.40. The van der Waals surface area contributed by atoms with Gasteiger partial charge in [0.25, 0.3) is 0 Å². The molecule has 2 aliphatic carbocycles. The highest BCUT2D eigenvalue weighted by atomic mass is 15.2. The highest BCUT2D eigenvalue weighted by Crippen LogP contribution is 2.52. The van der Waals surface area contributed by atoms with E-state index in [1.54, 1.807) is 0 Å². The third-order valence-electron chi connectivity index (χ3n) is 17.0. The first-order valence-electron chi connectivity index (χ1n) is 27.2. The highest BCUT2D eigenvalue weighted by Gasteiger charge is 2.40. The predicted octanol–water partition coefficient (Wildman–Crippen LogP) is 17.6. The Morgan fingerprint density at radius 1 is 0.658 bits per heavy atom. The molecule has 6 aromatic rings. The number of allylic oxidation sites excluding steroid dienone is 7. The smallest absolute Gasteiger partial charge is 0.198 e. The maximum Gasteiger partial charge on any atom is 0.198 e. The van der Waals surface area contributed by atoms with Crippen LogP contribution in [0.15, 0.2) is 139 Å². The third kappa shape index (κ3) is 9.70. The van der Waals surface area contributed by atoms with Crippen LogP contribution in [0.25, 0.3) is 33.3 Å². The molecule has 2 nitrogen and oxygen atoms in total. The molecule has 0 amide bonds. The van der Waals surface area contributed by atoms with Crippen LogP contribution in [-0.2, 0) is 28.1 Å². The van der Waals surface area contributed by atoms with E-state index in [1.807, 2.05) is 0 Å². The van der Waals surface area contributed by atoms with Crippen molar-refractivity contribution < 1.29 is 0 Å². The van der Waals surface area contributed by atoms with Gasteiger partial charge in [0, 0.05) is 33.9 Å². The lowest BCUT2D eigenvalue weighted by Gasteiger charge is -2.43. The predicted molar refractivity (Wildman–Crippen MR) is 322 cm³/mol. The van der Waals surface area contributed by atoms with Crippen LogP contribution in [-0.4, -0.2) is 15.1 Å². The zero-order chi connectivity index (χ0) is 52.4. The van der Waals surface area contributed by atoms with Gasteiger partial charge in [-0.05, 0) is 198 Å². The molecule has 1 N–H and O–H groups in total. The van der Waals surface area contributed by atoms with Crippen LogP contribution in [0.3, 0.4) is 0 Å². The largest absolute Gasteiger partial charge is 0.355 e. The van der Waals surface area contributed by atoms with Crippen LogP contribution >= 0.6 is 0 Å². The molecule has 1 heterocycles. The Bertz CT molecular complexity index is 3260. The molecule has 3 radical (unpaired) electrons. The zero-order valence-electron chi connectivity index (χ0n) is 47.0. The van der Waals surface area contributed by atoms with E-state index < -0.39 is 0 Å². The first-order valence-corrected chi connectivity index (χ1v) is 27.2. The third-order valence-corrected chi connectivity index (χ3v) is 17.0. The standard InChI is InChI=1S/C69H79B2N2/c1-16-18-20-26-50(43(3)4)54-41-56(55-37-44(5)27-31-61(55)72-49-29-30-57-59(40-49)68(12,13)34-33-66(57,8)9)64-65(51(54)23-17-2)73(62-32-28-48(70)39-53(62)47-24-21-19-22-25-47)46(7)63(71-64)52-42-60-58(38-45(52)6)67(10,11)35-36-69(60,14)15/h16,18-22,24-32,37-42,72H,17,23,33-36H2,1-15H3/b18-16-,26-20-. The molecule has 73 heavy (non-hydrogen) atoms. The van der Waals surface area contributed by atoms with E-state index in [1.165, 1.54) is 114 Å². The van der Waals surface area contributed by atoms with Crippen molar-refractivity contribution in [3.63, 3.8) is 0 Å². The second-order valence-corrected chi connectivity index (χ2v) is 24.6. The van der Waals surface area contributed by atoms with Gasteiger partial charge in [0.1, 0.15) is 7.85 Å². The molecule has 9 rings (SSSR count). The molecule has 0 bridgehead atoms. The monoisotopic (exact) mass is 958 g/mol. The van der Waals surface area contributed by atoms with Gasteiger partial charge in [-0.2, -0.15) is 0 Å². The summed E-state index contributed by atoms with van der Waals surface area (Å²) in [6.45, 7) is 35.3. The Kier molecular flexibility index (Phi) is 14.0. The number of fused-ring (bicyclic) bond motifs is 3. The maximum atomic E-state index is 6.80. The zero-order valence-corrected chi connectivity index (χ0v) is 47.0. The number of nitrogens with zero attached hydrogens (tertiary/aromatic N) is 1. The van der Waals surface area contributed by atoms with E-state index in [-0.39, 0.29) is 21.7 Å². The van der Waals surface area contributed by atoms with Gasteiger partial charge >= 0.3 is 0 Å². The molecule has 0 saturated heterocycles. The topological polar surface area (TPSA) is 15.3 Å². The molecule has 6 aromatic carbocycles. The number of hydrogen-bond acceptors (Lipinski definition) is 2. The molecule has 0 unspecified atom stereocenters. The fraction of sp³-hybridized carbons (Fsp3) is 0.362. The van der Waals surface area contributed by atoms with Crippen molar-refractivity contribution in [1.82, 2.24) is 0 Å². The van der Waals surface area contributed by atoms with E-state index in [4.69, 9.17) is 7.85 Å². The molecule has 0 spiro atoms. The van der Waals surface area contributed by atoms with Crippen LogP contribution in [0.4, 0.5) is 22.7 Å². The summed E-state index contributed by atoms with van der Waals surface area (Å²) in [7, 11) is 9.38. The first kappa shape index (κ1) is 51.9. The lowest BCUT2D eigenvalue weighted by molar-refractivity contribution is 0.331. The van der Waals surface area contributed by atoms with Gasteiger partial charge in [-0.25, -0.2) is 0 Å². The summed E-state index contributed by atoms with van der Waals surface area (Å²) in [6, 6.07) is 39.2. The van der Waals surface area contributed by atoms with Gasteiger partial charge in [-0.15, -0.1) is 0 Å². The first-order chi connectivity index (χ1) is 34.6. The van der Waals surface area contributed by atoms with Crippen molar-refractivity contribution in [3.05, 3.63) is 189 Å². The van der Waals surface area contributed by atoms with Crippen LogP contribution in [0, 0.1) is 13.8 Å². The highest BCUT2D eigenvalue weighted by molar-refractivity contribution is 6.77. The average molecular weight is 958 g/mol. The molecule has 0 aromatic heterocycles. The van der Waals surface area contributed by atoms with Crippen molar-refractivity contribution >= 4 is 59.8 Å². The molecule has 371 valence electrons. The minimum atomic E-state index is 0.0465. The van der Waals surface area contributed by atoms with E-state index in [0.29, 0.717) is 0 Å². The normalized spacial score (nSPS) is 17.3. The molecular weight excluding hydrogens is 878 g/mol. The lowest BCUT2D eigenvalue weighted by atomic mass is 9.53. The molecule has 1 aliphatic heterocycles. The minimum Gasteiger partial charge on any atom is -0.355 e. The summed E-state index contributed by atoms with van der Waals surface area (Å²) < 4.78 is 0. The molecule has 3 aliphatic rings. The SMILES string of the molecule is [B]c1ccc(N2C(C)=C(c3cc4c(cc3C)C(C)(C)CCC4(C)C)[B]c3c(-c4cc(C)ccc4Nc4ccc5c(c4)C(C)(C)CCC5(C)C)cc(C(/C=C\C=C/C)=C(C)C)c(CCC)c32)c(-c2ccccc2)c1. The molecule has 4 heteroatoms. The van der Waals surface area contributed by atoms with Gasteiger partial charge in [0.05, 0.1) is 5.69 Å². The van der Waals surface area contributed by atoms with E-state index >= 15 is 0 Å². The van der Waals surface area contributed by atoms with Gasteiger partial charge < -0.3 is 10.2 Å². The Labute approximate surface area is 442 Å². The van der Waals surface area contributed by atoms with Gasteiger partial charge in [0.15, 0.2) is 7.28 Å². The summed E-state index contributed by atoms with van der Waals surface area (Å²) in [5, 5.41) is 4.08. The fourth-order valence-electron chi connectivity index (χ4n) is 12.4. The van der Waals surface area contributed by atoms with Crippen molar-refractivity contribution in [2.45, 2.75) is 164 Å². The molecule has 0 fully saturated rings. The number of nitrogens with one attached hydrogen (secondary N) is 1. The van der Waals surface area contributed by atoms with E-state index in [0.717, 1.165) is 52.9 Å². The van der Waals surface area contributed by atoms with Crippen LogP contribution in [0.2, 0.25) is 0 Å². The fourth-order valence-corrected chi connectivity index (χ4v) is 12.4. The second kappa shape index (κ2) is 19.7. The van der Waals surface area contributed by atoms with Crippen molar-refractivity contribution in [2.75, 3.05) is 10.2 Å². The quantitative estimate of drug-likeness (QED) is 0.103. The van der Waals surface area contributed by atoms with Crippen molar-refractivity contribution in [1.29, 1.82) is 0 Å². The number of hydrogen-bond donors (Lipinski definition) is 1. The van der Waals surface area contributed by atoms with Crippen LogP contribution < -0.4 is 21.1 Å². The number of rotatable bonds is 11. The Hall–Kier alpha value is -5.99. The Morgan fingerprint density at radius 2 is 1.30 bits per heavy atom. The Morgan fingerprint density at radius 3 is 1.95 bits per heavy atom. The number of aryl methyl sites for hydroxylation is 2. The summed E-state index contributed by atoms with van der Waals surface area (Å²) >= 11 is 0.